The van der Waals surface area contributed by atoms with E-state index in [2.05, 4.69) is 6.58 Å². The highest BCUT2D eigenvalue weighted by molar-refractivity contribution is 5.89. The van der Waals surface area contributed by atoms with E-state index in [1.54, 1.807) is 18.2 Å². The average Bonchev–Trinajstić information content (AvgIpc) is 2.29. The summed E-state index contributed by atoms with van der Waals surface area (Å²) in [5.41, 5.74) is 1.48. The van der Waals surface area contributed by atoms with Crippen LogP contribution in [0.3, 0.4) is 0 Å². The maximum absolute atomic E-state index is 11.4. The number of benzene rings is 1. The third-order valence-electron chi connectivity index (χ3n) is 1.86. The standard InChI is InChI=1S/C12H14O3/c1-3-10-5-7-11(8-6-10)12(13)15-9-14-4-2/h3,5-8H,1,4,9H2,2H3. The third-order valence-corrected chi connectivity index (χ3v) is 1.86. The first-order valence-corrected chi connectivity index (χ1v) is 4.75. The van der Waals surface area contributed by atoms with Gasteiger partial charge in [0, 0.05) is 6.61 Å². The zero-order valence-corrected chi connectivity index (χ0v) is 8.73. The van der Waals surface area contributed by atoms with Crippen molar-refractivity contribution in [2.45, 2.75) is 6.92 Å². The number of carbonyl (C=O) groups excluding carboxylic acids is 1. The maximum Gasteiger partial charge on any atom is 0.340 e. The molecule has 0 unspecified atom stereocenters. The van der Waals surface area contributed by atoms with Gasteiger partial charge in [0.25, 0.3) is 0 Å². The zero-order chi connectivity index (χ0) is 11.1. The van der Waals surface area contributed by atoms with Gasteiger partial charge in [0.05, 0.1) is 5.56 Å². The number of ether oxygens (including phenoxy) is 2. The largest absolute Gasteiger partial charge is 0.435 e. The van der Waals surface area contributed by atoms with E-state index in [4.69, 9.17) is 9.47 Å². The van der Waals surface area contributed by atoms with Crippen LogP contribution in [0.5, 0.6) is 0 Å². The van der Waals surface area contributed by atoms with Gasteiger partial charge in [-0.1, -0.05) is 24.8 Å². The molecule has 3 heteroatoms. The molecule has 0 saturated carbocycles. The highest BCUT2D eigenvalue weighted by atomic mass is 16.7. The van der Waals surface area contributed by atoms with Crippen LogP contribution in [0.1, 0.15) is 22.8 Å². The van der Waals surface area contributed by atoms with Crippen molar-refractivity contribution in [3.63, 3.8) is 0 Å². The second-order valence-electron chi connectivity index (χ2n) is 2.87. The topological polar surface area (TPSA) is 35.5 Å². The molecule has 1 aromatic carbocycles. The van der Waals surface area contributed by atoms with Crippen molar-refractivity contribution in [3.05, 3.63) is 42.0 Å². The Morgan fingerprint density at radius 1 is 1.40 bits per heavy atom. The number of hydrogen-bond acceptors (Lipinski definition) is 3. The molecule has 0 radical (unpaired) electrons. The Morgan fingerprint density at radius 3 is 2.60 bits per heavy atom. The number of hydrogen-bond donors (Lipinski definition) is 0. The average molecular weight is 206 g/mol. The zero-order valence-electron chi connectivity index (χ0n) is 8.73. The Morgan fingerprint density at radius 2 is 2.07 bits per heavy atom. The van der Waals surface area contributed by atoms with E-state index in [0.29, 0.717) is 12.2 Å². The number of esters is 1. The molecule has 0 aliphatic rings. The van der Waals surface area contributed by atoms with E-state index < -0.39 is 0 Å². The minimum Gasteiger partial charge on any atom is -0.435 e. The number of rotatable bonds is 5. The Labute approximate surface area is 89.3 Å². The molecule has 0 aliphatic carbocycles. The molecule has 0 fully saturated rings. The first kappa shape index (κ1) is 11.5. The summed E-state index contributed by atoms with van der Waals surface area (Å²) in [6.45, 7) is 6.00. The van der Waals surface area contributed by atoms with Gasteiger partial charge in [0.1, 0.15) is 0 Å². The smallest absolute Gasteiger partial charge is 0.340 e. The van der Waals surface area contributed by atoms with Crippen LogP contribution >= 0.6 is 0 Å². The van der Waals surface area contributed by atoms with Gasteiger partial charge in [-0.15, -0.1) is 0 Å². The highest BCUT2D eigenvalue weighted by Gasteiger charge is 2.05. The molecule has 0 amide bonds. The monoisotopic (exact) mass is 206 g/mol. The quantitative estimate of drug-likeness (QED) is 0.422. The van der Waals surface area contributed by atoms with Gasteiger partial charge in [0.2, 0.25) is 0 Å². The first-order valence-electron chi connectivity index (χ1n) is 4.75. The van der Waals surface area contributed by atoms with E-state index in [-0.39, 0.29) is 12.8 Å². The van der Waals surface area contributed by atoms with Crippen molar-refractivity contribution in [2.24, 2.45) is 0 Å². The summed E-state index contributed by atoms with van der Waals surface area (Å²) in [7, 11) is 0. The minimum atomic E-state index is -0.376. The fourth-order valence-electron chi connectivity index (χ4n) is 1.02. The van der Waals surface area contributed by atoms with Gasteiger partial charge < -0.3 is 9.47 Å². The van der Waals surface area contributed by atoms with Crippen LogP contribution in [-0.2, 0) is 9.47 Å². The molecule has 0 aromatic heterocycles. The Kier molecular flexibility index (Phi) is 4.57. The van der Waals surface area contributed by atoms with Crippen molar-refractivity contribution >= 4 is 12.0 Å². The third kappa shape index (κ3) is 3.56. The Balaban J connectivity index is 2.54. The van der Waals surface area contributed by atoms with Crippen LogP contribution in [0.25, 0.3) is 6.08 Å². The molecule has 0 spiro atoms. The SMILES string of the molecule is C=Cc1ccc(C(=O)OCOCC)cc1. The van der Waals surface area contributed by atoms with Crippen molar-refractivity contribution in [3.8, 4) is 0 Å². The molecular formula is C12H14O3. The van der Waals surface area contributed by atoms with Crippen molar-refractivity contribution in [2.75, 3.05) is 13.4 Å². The second-order valence-corrected chi connectivity index (χ2v) is 2.87. The van der Waals surface area contributed by atoms with Crippen LogP contribution in [0.2, 0.25) is 0 Å². The predicted octanol–water partition coefficient (Wildman–Crippen LogP) is 2.48. The molecule has 15 heavy (non-hydrogen) atoms. The normalized spacial score (nSPS) is 9.67. The molecule has 0 bridgehead atoms. The fraction of sp³-hybridized carbons (Fsp3) is 0.250. The summed E-state index contributed by atoms with van der Waals surface area (Å²) >= 11 is 0. The van der Waals surface area contributed by atoms with Crippen LogP contribution in [0.4, 0.5) is 0 Å². The van der Waals surface area contributed by atoms with Gasteiger partial charge in [0.15, 0.2) is 6.79 Å². The lowest BCUT2D eigenvalue weighted by molar-refractivity contribution is -0.0274. The summed E-state index contributed by atoms with van der Waals surface area (Å²) in [4.78, 5) is 11.4. The summed E-state index contributed by atoms with van der Waals surface area (Å²) in [6, 6.07) is 7.02. The predicted molar refractivity (Wildman–Crippen MR) is 58.4 cm³/mol. The lowest BCUT2D eigenvalue weighted by atomic mass is 10.1. The lowest BCUT2D eigenvalue weighted by Gasteiger charge is -2.04. The van der Waals surface area contributed by atoms with Crippen LogP contribution in [-0.4, -0.2) is 19.4 Å². The summed E-state index contributed by atoms with van der Waals surface area (Å²) in [6.07, 6.45) is 1.72. The van der Waals surface area contributed by atoms with Gasteiger partial charge in [-0.05, 0) is 24.6 Å². The van der Waals surface area contributed by atoms with Gasteiger partial charge >= 0.3 is 5.97 Å². The van der Waals surface area contributed by atoms with Crippen LogP contribution in [0, 0.1) is 0 Å². The van der Waals surface area contributed by atoms with E-state index >= 15 is 0 Å². The van der Waals surface area contributed by atoms with Gasteiger partial charge in [-0.2, -0.15) is 0 Å². The molecule has 1 rings (SSSR count). The number of carbonyl (C=O) groups is 1. The van der Waals surface area contributed by atoms with E-state index in [9.17, 15) is 4.79 Å². The molecule has 0 aliphatic heterocycles. The molecule has 0 N–H and O–H groups in total. The Bertz CT molecular complexity index is 327. The fourth-order valence-corrected chi connectivity index (χ4v) is 1.02. The maximum atomic E-state index is 11.4. The molecule has 3 nitrogen and oxygen atoms in total. The summed E-state index contributed by atoms with van der Waals surface area (Å²) < 4.78 is 9.77. The van der Waals surface area contributed by atoms with Crippen molar-refractivity contribution < 1.29 is 14.3 Å². The Hall–Kier alpha value is -1.61. The van der Waals surface area contributed by atoms with Crippen molar-refractivity contribution in [1.82, 2.24) is 0 Å². The highest BCUT2D eigenvalue weighted by Crippen LogP contribution is 2.06. The first-order chi connectivity index (χ1) is 7.27. The van der Waals surface area contributed by atoms with E-state index in [0.717, 1.165) is 5.56 Å². The summed E-state index contributed by atoms with van der Waals surface area (Å²) in [5.74, 6) is -0.376. The lowest BCUT2D eigenvalue weighted by Crippen LogP contribution is -2.08. The van der Waals surface area contributed by atoms with E-state index in [1.807, 2.05) is 19.1 Å². The molecule has 0 atom stereocenters. The molecule has 0 saturated heterocycles. The van der Waals surface area contributed by atoms with E-state index in [1.165, 1.54) is 0 Å². The molecule has 1 aromatic rings. The van der Waals surface area contributed by atoms with Crippen molar-refractivity contribution in [1.29, 1.82) is 0 Å². The van der Waals surface area contributed by atoms with Gasteiger partial charge in [-0.3, -0.25) is 0 Å². The van der Waals surface area contributed by atoms with Crippen LogP contribution < -0.4 is 0 Å². The minimum absolute atomic E-state index is 0.00145. The molecule has 80 valence electrons. The molecular weight excluding hydrogens is 192 g/mol. The second kappa shape index (κ2) is 5.98. The van der Waals surface area contributed by atoms with Crippen LogP contribution in [0.15, 0.2) is 30.8 Å². The molecule has 0 heterocycles. The summed E-state index contributed by atoms with van der Waals surface area (Å²) in [5, 5.41) is 0. The van der Waals surface area contributed by atoms with Gasteiger partial charge in [-0.25, -0.2) is 4.79 Å².